The quantitative estimate of drug-likeness (QED) is 0.500. The summed E-state index contributed by atoms with van der Waals surface area (Å²) >= 11 is 1.44. The van der Waals surface area contributed by atoms with Crippen molar-refractivity contribution < 1.29 is 9.53 Å². The van der Waals surface area contributed by atoms with Crippen LogP contribution in [0.5, 0.6) is 0 Å². The number of rotatable bonds is 7. The van der Waals surface area contributed by atoms with Gasteiger partial charge in [-0.05, 0) is 68.8 Å². The Bertz CT molecular complexity index is 900. The van der Waals surface area contributed by atoms with Gasteiger partial charge in [-0.1, -0.05) is 18.2 Å². The van der Waals surface area contributed by atoms with Crippen molar-refractivity contribution in [3.63, 3.8) is 0 Å². The first-order valence-corrected chi connectivity index (χ1v) is 10.4. The fourth-order valence-electron chi connectivity index (χ4n) is 3.37. The Hall–Kier alpha value is -2.31. The van der Waals surface area contributed by atoms with Crippen molar-refractivity contribution in [3.8, 4) is 0 Å². The van der Waals surface area contributed by atoms with Gasteiger partial charge in [-0.3, -0.25) is 9.69 Å². The number of aliphatic imine (C=N–C) groups is 1. The first kappa shape index (κ1) is 20.4. The standard InChI is InChI=1S/C22H27N3O2S/c1-5-24-16(2)14-18(17(24)3)15-20-21(26)25(12-9-13-27-4)22(28-20)23-19-10-7-6-8-11-19/h6-8,10-11,14-15H,5,9,12-13H2,1-4H3/b20-15-,23-22?. The number of benzene rings is 1. The molecule has 0 atom stereocenters. The smallest absolute Gasteiger partial charge is 0.266 e. The van der Waals surface area contributed by atoms with Gasteiger partial charge in [0, 0.05) is 38.2 Å². The summed E-state index contributed by atoms with van der Waals surface area (Å²) in [6.45, 7) is 8.46. The van der Waals surface area contributed by atoms with Crippen LogP contribution in [0.4, 0.5) is 5.69 Å². The average molecular weight is 398 g/mol. The third-order valence-corrected chi connectivity index (χ3v) is 5.82. The minimum absolute atomic E-state index is 0.0112. The molecular weight excluding hydrogens is 370 g/mol. The lowest BCUT2D eigenvalue weighted by Gasteiger charge is -2.15. The molecule has 2 heterocycles. The molecule has 28 heavy (non-hydrogen) atoms. The van der Waals surface area contributed by atoms with E-state index in [-0.39, 0.29) is 5.91 Å². The van der Waals surface area contributed by atoms with E-state index in [4.69, 9.17) is 9.73 Å². The van der Waals surface area contributed by atoms with Crippen molar-refractivity contribution in [2.24, 2.45) is 4.99 Å². The van der Waals surface area contributed by atoms with E-state index < -0.39 is 0 Å². The Kier molecular flexibility index (Phi) is 6.75. The predicted molar refractivity (Wildman–Crippen MR) is 117 cm³/mol. The van der Waals surface area contributed by atoms with Crippen molar-refractivity contribution in [1.82, 2.24) is 9.47 Å². The van der Waals surface area contributed by atoms with Crippen molar-refractivity contribution in [3.05, 3.63) is 58.3 Å². The topological polar surface area (TPSA) is 46.8 Å². The number of hydrogen-bond donors (Lipinski definition) is 0. The van der Waals surface area contributed by atoms with Gasteiger partial charge in [0.05, 0.1) is 10.6 Å². The van der Waals surface area contributed by atoms with Crippen molar-refractivity contribution in [2.45, 2.75) is 33.7 Å². The molecule has 0 aliphatic carbocycles. The largest absolute Gasteiger partial charge is 0.385 e. The minimum atomic E-state index is 0.0112. The Labute approximate surface area is 171 Å². The maximum absolute atomic E-state index is 13.1. The maximum Gasteiger partial charge on any atom is 0.266 e. The van der Waals surface area contributed by atoms with Crippen LogP contribution in [0.15, 0.2) is 46.3 Å². The number of amides is 1. The third kappa shape index (κ3) is 4.39. The molecule has 1 saturated heterocycles. The highest BCUT2D eigenvalue weighted by Crippen LogP contribution is 2.35. The second-order valence-electron chi connectivity index (χ2n) is 6.71. The SMILES string of the molecule is CCn1c(C)cc(/C=C2\SC(=Nc3ccccc3)N(CCCOC)C2=O)c1C. The molecule has 0 radical (unpaired) electrons. The molecule has 0 spiro atoms. The summed E-state index contributed by atoms with van der Waals surface area (Å²) in [5, 5.41) is 0.725. The number of carbonyl (C=O) groups is 1. The van der Waals surface area contributed by atoms with Crippen LogP contribution in [0.25, 0.3) is 6.08 Å². The number of ether oxygens (including phenoxy) is 1. The summed E-state index contributed by atoms with van der Waals surface area (Å²) in [5.74, 6) is 0.0112. The minimum Gasteiger partial charge on any atom is -0.385 e. The number of thioether (sulfide) groups is 1. The van der Waals surface area contributed by atoms with Crippen LogP contribution in [0, 0.1) is 13.8 Å². The Morgan fingerprint density at radius 1 is 1.21 bits per heavy atom. The number of aromatic nitrogens is 1. The fourth-order valence-corrected chi connectivity index (χ4v) is 4.39. The number of methoxy groups -OCH3 is 1. The van der Waals surface area contributed by atoms with Crippen LogP contribution in [0.3, 0.4) is 0 Å². The summed E-state index contributed by atoms with van der Waals surface area (Å²) in [6.07, 6.45) is 2.77. The maximum atomic E-state index is 13.1. The number of para-hydroxylation sites is 1. The number of nitrogens with zero attached hydrogens (tertiary/aromatic N) is 3. The summed E-state index contributed by atoms with van der Waals surface area (Å²) < 4.78 is 7.41. The molecule has 6 heteroatoms. The molecular formula is C22H27N3O2S. The van der Waals surface area contributed by atoms with Crippen molar-refractivity contribution in [1.29, 1.82) is 0 Å². The monoisotopic (exact) mass is 397 g/mol. The van der Waals surface area contributed by atoms with Crippen molar-refractivity contribution >= 4 is 34.6 Å². The fraction of sp³-hybridized carbons (Fsp3) is 0.364. The first-order valence-electron chi connectivity index (χ1n) is 9.56. The van der Waals surface area contributed by atoms with Gasteiger partial charge in [-0.15, -0.1) is 0 Å². The van der Waals surface area contributed by atoms with Crippen molar-refractivity contribution in [2.75, 3.05) is 20.3 Å². The molecule has 1 aromatic heterocycles. The number of aryl methyl sites for hydroxylation is 1. The van der Waals surface area contributed by atoms with Crippen LogP contribution in [0.1, 0.15) is 30.3 Å². The molecule has 0 unspecified atom stereocenters. The number of hydrogen-bond acceptors (Lipinski definition) is 4. The molecule has 3 rings (SSSR count). The van der Waals surface area contributed by atoms with Crippen LogP contribution in [0.2, 0.25) is 0 Å². The van der Waals surface area contributed by atoms with Crippen LogP contribution in [-0.2, 0) is 16.1 Å². The summed E-state index contributed by atoms with van der Waals surface area (Å²) in [6, 6.07) is 11.9. The predicted octanol–water partition coefficient (Wildman–Crippen LogP) is 4.77. The Morgan fingerprint density at radius 2 is 1.96 bits per heavy atom. The van der Waals surface area contributed by atoms with Gasteiger partial charge in [0.1, 0.15) is 0 Å². The van der Waals surface area contributed by atoms with Gasteiger partial charge in [0.2, 0.25) is 0 Å². The highest BCUT2D eigenvalue weighted by molar-refractivity contribution is 8.18. The normalized spacial score (nSPS) is 17.3. The van der Waals surface area contributed by atoms with Crippen LogP contribution >= 0.6 is 11.8 Å². The van der Waals surface area contributed by atoms with E-state index in [1.807, 2.05) is 36.4 Å². The van der Waals surface area contributed by atoms with Gasteiger partial charge in [0.15, 0.2) is 5.17 Å². The van der Waals surface area contributed by atoms with Gasteiger partial charge in [-0.25, -0.2) is 4.99 Å². The van der Waals surface area contributed by atoms with E-state index in [2.05, 4.69) is 31.4 Å². The molecule has 148 valence electrons. The lowest BCUT2D eigenvalue weighted by atomic mass is 10.2. The molecule has 2 aromatic rings. The highest BCUT2D eigenvalue weighted by atomic mass is 32.2. The first-order chi connectivity index (χ1) is 13.5. The Balaban J connectivity index is 1.93. The molecule has 0 saturated carbocycles. The van der Waals surface area contributed by atoms with E-state index in [1.54, 1.807) is 12.0 Å². The van der Waals surface area contributed by atoms with Crippen LogP contribution in [-0.4, -0.2) is 40.8 Å². The average Bonchev–Trinajstić information content (AvgIpc) is 3.12. The van der Waals surface area contributed by atoms with Crippen LogP contribution < -0.4 is 0 Å². The van der Waals surface area contributed by atoms with E-state index in [1.165, 1.54) is 23.1 Å². The summed E-state index contributed by atoms with van der Waals surface area (Å²) in [7, 11) is 1.67. The second-order valence-corrected chi connectivity index (χ2v) is 7.72. The third-order valence-electron chi connectivity index (χ3n) is 4.81. The summed E-state index contributed by atoms with van der Waals surface area (Å²) in [4.78, 5) is 20.3. The van der Waals surface area contributed by atoms with E-state index in [0.29, 0.717) is 18.1 Å². The lowest BCUT2D eigenvalue weighted by molar-refractivity contribution is -0.122. The molecule has 1 amide bonds. The zero-order valence-corrected chi connectivity index (χ0v) is 17.8. The van der Waals surface area contributed by atoms with E-state index >= 15 is 0 Å². The second kappa shape index (κ2) is 9.26. The molecule has 1 fully saturated rings. The summed E-state index contributed by atoms with van der Waals surface area (Å²) in [5.41, 5.74) is 4.32. The van der Waals surface area contributed by atoms with Gasteiger partial charge >= 0.3 is 0 Å². The van der Waals surface area contributed by atoms with E-state index in [0.717, 1.165) is 29.4 Å². The molecule has 1 aromatic carbocycles. The highest BCUT2D eigenvalue weighted by Gasteiger charge is 2.33. The van der Waals surface area contributed by atoms with Gasteiger partial charge in [-0.2, -0.15) is 0 Å². The van der Waals surface area contributed by atoms with E-state index in [9.17, 15) is 4.79 Å². The number of carbonyl (C=O) groups excluding carboxylic acids is 1. The van der Waals surface area contributed by atoms with Gasteiger partial charge < -0.3 is 9.30 Å². The Morgan fingerprint density at radius 3 is 2.61 bits per heavy atom. The molecule has 1 aliphatic rings. The van der Waals surface area contributed by atoms with Gasteiger partial charge in [0.25, 0.3) is 5.91 Å². The number of amidine groups is 1. The molecule has 1 aliphatic heterocycles. The molecule has 5 nitrogen and oxygen atoms in total. The zero-order chi connectivity index (χ0) is 20.1. The lowest BCUT2D eigenvalue weighted by Crippen LogP contribution is -2.30. The molecule has 0 N–H and O–H groups in total. The molecule has 0 bridgehead atoms. The zero-order valence-electron chi connectivity index (χ0n) is 16.9.